The molecule has 0 fully saturated rings. The Bertz CT molecular complexity index is 507. The number of benzene rings is 1. The van der Waals surface area contributed by atoms with Crippen molar-refractivity contribution >= 4 is 11.8 Å². The molecule has 0 radical (unpaired) electrons. The van der Waals surface area contributed by atoms with Gasteiger partial charge in [0.25, 0.3) is 0 Å². The van der Waals surface area contributed by atoms with Crippen LogP contribution in [0.3, 0.4) is 0 Å². The maximum absolute atomic E-state index is 5.55. The van der Waals surface area contributed by atoms with Gasteiger partial charge in [0.15, 0.2) is 5.16 Å². The highest BCUT2D eigenvalue weighted by Gasteiger charge is 2.06. The molecule has 0 unspecified atom stereocenters. The number of nitrogens with two attached hydrogens (primary N) is 1. The van der Waals surface area contributed by atoms with E-state index in [1.807, 2.05) is 11.6 Å². The number of aromatic nitrogens is 3. The van der Waals surface area contributed by atoms with Crippen molar-refractivity contribution in [2.24, 2.45) is 12.8 Å². The molecule has 2 N–H and O–H groups in total. The molecule has 4 nitrogen and oxygen atoms in total. The van der Waals surface area contributed by atoms with Gasteiger partial charge in [-0.2, -0.15) is 0 Å². The highest BCUT2D eigenvalue weighted by atomic mass is 32.2. The maximum Gasteiger partial charge on any atom is 0.195 e. The number of rotatable bonds is 4. The van der Waals surface area contributed by atoms with Crippen molar-refractivity contribution in [2.45, 2.75) is 23.4 Å². The molecule has 0 saturated heterocycles. The highest BCUT2D eigenvalue weighted by molar-refractivity contribution is 7.99. The summed E-state index contributed by atoms with van der Waals surface area (Å²) in [5.41, 5.74) is 8.09. The van der Waals surface area contributed by atoms with Crippen LogP contribution in [0, 0.1) is 6.92 Å². The van der Waals surface area contributed by atoms with Gasteiger partial charge in [-0.25, -0.2) is 0 Å². The lowest BCUT2D eigenvalue weighted by Gasteiger charge is -2.07. The highest BCUT2D eigenvalue weighted by Crippen LogP contribution is 2.28. The fraction of sp³-hybridized carbons (Fsp3) is 0.333. The Balaban J connectivity index is 2.19. The van der Waals surface area contributed by atoms with Gasteiger partial charge in [0.2, 0.25) is 0 Å². The summed E-state index contributed by atoms with van der Waals surface area (Å²) in [4.78, 5) is 1.21. The predicted molar refractivity (Wildman–Crippen MR) is 69.1 cm³/mol. The predicted octanol–water partition coefficient (Wildman–Crippen LogP) is 1.78. The first-order valence-corrected chi connectivity index (χ1v) is 6.34. The van der Waals surface area contributed by atoms with Crippen molar-refractivity contribution in [3.8, 4) is 0 Å². The fourth-order valence-corrected chi connectivity index (χ4v) is 2.44. The van der Waals surface area contributed by atoms with E-state index in [1.165, 1.54) is 16.0 Å². The third kappa shape index (κ3) is 2.87. The molecule has 0 bridgehead atoms. The van der Waals surface area contributed by atoms with E-state index >= 15 is 0 Å². The van der Waals surface area contributed by atoms with Crippen molar-refractivity contribution in [3.63, 3.8) is 0 Å². The quantitative estimate of drug-likeness (QED) is 0.896. The summed E-state index contributed by atoms with van der Waals surface area (Å²) >= 11 is 1.63. The summed E-state index contributed by atoms with van der Waals surface area (Å²) in [7, 11) is 1.94. The van der Waals surface area contributed by atoms with Gasteiger partial charge in [0.1, 0.15) is 6.33 Å². The first-order valence-electron chi connectivity index (χ1n) is 5.52. The van der Waals surface area contributed by atoms with E-state index in [0.29, 0.717) is 6.54 Å². The van der Waals surface area contributed by atoms with Crippen LogP contribution in [-0.2, 0) is 13.5 Å². The minimum atomic E-state index is 0.690. The second-order valence-electron chi connectivity index (χ2n) is 3.97. The van der Waals surface area contributed by atoms with Crippen molar-refractivity contribution in [3.05, 3.63) is 35.7 Å². The van der Waals surface area contributed by atoms with E-state index in [4.69, 9.17) is 5.73 Å². The third-order valence-electron chi connectivity index (χ3n) is 2.54. The van der Waals surface area contributed by atoms with E-state index < -0.39 is 0 Å². The lowest BCUT2D eigenvalue weighted by atomic mass is 10.1. The summed E-state index contributed by atoms with van der Waals surface area (Å²) in [6.07, 6.45) is 2.64. The summed E-state index contributed by atoms with van der Waals surface area (Å²) in [5.74, 6) is 0. The standard InChI is InChI=1S/C12H16N4S/c1-9-7-10(5-6-13)3-4-11(9)17-12-15-14-8-16(12)2/h3-4,7-8H,5-6,13H2,1-2H3. The van der Waals surface area contributed by atoms with Crippen LogP contribution in [0.4, 0.5) is 0 Å². The van der Waals surface area contributed by atoms with Crippen LogP contribution in [0.5, 0.6) is 0 Å². The fourth-order valence-electron chi connectivity index (χ4n) is 1.61. The van der Waals surface area contributed by atoms with E-state index in [1.54, 1.807) is 18.1 Å². The summed E-state index contributed by atoms with van der Waals surface area (Å²) < 4.78 is 1.91. The smallest absolute Gasteiger partial charge is 0.195 e. The molecule has 0 atom stereocenters. The molecule has 5 heteroatoms. The Kier molecular flexibility index (Phi) is 3.81. The molecule has 0 aliphatic carbocycles. The van der Waals surface area contributed by atoms with Gasteiger partial charge in [-0.1, -0.05) is 12.1 Å². The van der Waals surface area contributed by atoms with Crippen LogP contribution in [0.2, 0.25) is 0 Å². The first kappa shape index (κ1) is 12.1. The Morgan fingerprint density at radius 3 is 2.82 bits per heavy atom. The molecule has 0 saturated carbocycles. The monoisotopic (exact) mass is 248 g/mol. The molecule has 0 spiro atoms. The van der Waals surface area contributed by atoms with Crippen molar-refractivity contribution in [1.82, 2.24) is 14.8 Å². The molecule has 2 aromatic rings. The molecule has 1 aromatic heterocycles. The SMILES string of the molecule is Cc1cc(CCN)ccc1Sc1nncn1C. The molecule has 90 valence electrons. The molecule has 1 heterocycles. The summed E-state index contributed by atoms with van der Waals surface area (Å²) in [5, 5.41) is 8.84. The number of hydrogen-bond donors (Lipinski definition) is 1. The maximum atomic E-state index is 5.55. The minimum Gasteiger partial charge on any atom is -0.330 e. The average molecular weight is 248 g/mol. The zero-order valence-corrected chi connectivity index (χ0v) is 10.9. The van der Waals surface area contributed by atoms with Gasteiger partial charge in [-0.15, -0.1) is 10.2 Å². The normalized spacial score (nSPS) is 10.8. The van der Waals surface area contributed by atoms with E-state index in [9.17, 15) is 0 Å². The van der Waals surface area contributed by atoms with E-state index in [2.05, 4.69) is 35.3 Å². The molecule has 0 amide bonds. The Labute approximate surface area is 105 Å². The Morgan fingerprint density at radius 1 is 1.41 bits per heavy atom. The van der Waals surface area contributed by atoms with E-state index in [-0.39, 0.29) is 0 Å². The number of hydrogen-bond acceptors (Lipinski definition) is 4. The molecule has 2 rings (SSSR count). The van der Waals surface area contributed by atoms with Crippen molar-refractivity contribution < 1.29 is 0 Å². The van der Waals surface area contributed by atoms with Crippen molar-refractivity contribution in [1.29, 1.82) is 0 Å². The summed E-state index contributed by atoms with van der Waals surface area (Å²) in [6, 6.07) is 6.43. The van der Waals surface area contributed by atoms with E-state index in [0.717, 1.165) is 11.6 Å². The number of aryl methyl sites for hydroxylation is 2. The zero-order valence-electron chi connectivity index (χ0n) is 10.1. The summed E-state index contributed by atoms with van der Waals surface area (Å²) in [6.45, 7) is 2.80. The second kappa shape index (κ2) is 5.33. The van der Waals surface area contributed by atoms with Crippen LogP contribution in [0.25, 0.3) is 0 Å². The third-order valence-corrected chi connectivity index (χ3v) is 3.77. The lowest BCUT2D eigenvalue weighted by molar-refractivity contribution is 0.788. The Morgan fingerprint density at radius 2 is 2.24 bits per heavy atom. The van der Waals surface area contributed by atoms with Gasteiger partial charge in [0, 0.05) is 11.9 Å². The molecule has 0 aliphatic heterocycles. The first-order chi connectivity index (χ1) is 8.20. The molecular weight excluding hydrogens is 232 g/mol. The minimum absolute atomic E-state index is 0.690. The van der Waals surface area contributed by atoms with Crippen molar-refractivity contribution in [2.75, 3.05) is 6.54 Å². The second-order valence-corrected chi connectivity index (χ2v) is 4.97. The molecular formula is C12H16N4S. The topological polar surface area (TPSA) is 56.7 Å². The van der Waals surface area contributed by atoms with Gasteiger partial charge in [-0.3, -0.25) is 0 Å². The number of nitrogens with zero attached hydrogens (tertiary/aromatic N) is 3. The van der Waals surface area contributed by atoms with Crippen LogP contribution in [0.15, 0.2) is 34.6 Å². The van der Waals surface area contributed by atoms with Crippen LogP contribution < -0.4 is 5.73 Å². The largest absolute Gasteiger partial charge is 0.330 e. The molecule has 0 aliphatic rings. The molecule has 1 aromatic carbocycles. The lowest BCUT2D eigenvalue weighted by Crippen LogP contribution is -2.02. The van der Waals surface area contributed by atoms with Gasteiger partial charge in [0.05, 0.1) is 0 Å². The average Bonchev–Trinajstić information content (AvgIpc) is 2.69. The van der Waals surface area contributed by atoms with Crippen LogP contribution >= 0.6 is 11.8 Å². The zero-order chi connectivity index (χ0) is 12.3. The van der Waals surface area contributed by atoms with Gasteiger partial charge in [-0.05, 0) is 48.8 Å². The van der Waals surface area contributed by atoms with Gasteiger partial charge >= 0.3 is 0 Å². The van der Waals surface area contributed by atoms with Crippen LogP contribution in [-0.4, -0.2) is 21.3 Å². The molecule has 17 heavy (non-hydrogen) atoms. The van der Waals surface area contributed by atoms with Gasteiger partial charge < -0.3 is 10.3 Å². The van der Waals surface area contributed by atoms with Crippen LogP contribution in [0.1, 0.15) is 11.1 Å². The Hall–Kier alpha value is -1.33.